The first kappa shape index (κ1) is 10.5. The average Bonchev–Trinajstić information content (AvgIpc) is 2.69. The molecule has 82 valence electrons. The molecule has 0 aromatic heterocycles. The Bertz CT molecular complexity index is 346. The van der Waals surface area contributed by atoms with E-state index in [-0.39, 0.29) is 11.5 Å². The van der Waals surface area contributed by atoms with Crippen molar-refractivity contribution in [1.29, 1.82) is 0 Å². The Balaban J connectivity index is 2.37. The average molecular weight is 215 g/mol. The zero-order valence-electron chi connectivity index (χ0n) is 8.14. The van der Waals surface area contributed by atoms with Crippen LogP contribution in [0.3, 0.4) is 0 Å². The summed E-state index contributed by atoms with van der Waals surface area (Å²) < 4.78 is 38.3. The summed E-state index contributed by atoms with van der Waals surface area (Å²) in [6.07, 6.45) is -1.73. The van der Waals surface area contributed by atoms with Crippen LogP contribution in [0.2, 0.25) is 0 Å². The number of benzene rings is 1. The van der Waals surface area contributed by atoms with Crippen molar-refractivity contribution in [2.75, 3.05) is 13.1 Å². The zero-order valence-corrected chi connectivity index (χ0v) is 8.14. The predicted molar refractivity (Wildman–Crippen MR) is 51.6 cm³/mol. The van der Waals surface area contributed by atoms with Crippen LogP contribution < -0.4 is 5.32 Å². The second kappa shape index (κ2) is 4.23. The van der Waals surface area contributed by atoms with Gasteiger partial charge in [-0.2, -0.15) is 0 Å². The molecule has 0 saturated carbocycles. The molecule has 0 spiro atoms. The molecule has 0 bridgehead atoms. The summed E-state index contributed by atoms with van der Waals surface area (Å²) in [5.41, 5.74) is 0.417. The Morgan fingerprint density at radius 1 is 1.33 bits per heavy atom. The van der Waals surface area contributed by atoms with Crippen LogP contribution in [0.4, 0.5) is 13.2 Å². The number of nitrogens with one attached hydrogen (secondary N) is 1. The minimum Gasteiger partial charge on any atom is -0.316 e. The van der Waals surface area contributed by atoms with Crippen LogP contribution >= 0.6 is 0 Å². The molecule has 1 aliphatic rings. The molecule has 15 heavy (non-hydrogen) atoms. The molecule has 0 aliphatic carbocycles. The number of hydrogen-bond donors (Lipinski definition) is 1. The molecular weight excluding hydrogens is 203 g/mol. The van der Waals surface area contributed by atoms with E-state index in [1.54, 1.807) is 0 Å². The minimum atomic E-state index is -2.53. The van der Waals surface area contributed by atoms with E-state index in [1.807, 2.05) is 0 Å². The summed E-state index contributed by atoms with van der Waals surface area (Å²) in [7, 11) is 0. The molecule has 1 heterocycles. The molecule has 1 fully saturated rings. The molecule has 0 unspecified atom stereocenters. The van der Waals surface area contributed by atoms with Crippen molar-refractivity contribution in [3.8, 4) is 0 Å². The lowest BCUT2D eigenvalue weighted by molar-refractivity contribution is 0.149. The topological polar surface area (TPSA) is 12.0 Å². The lowest BCUT2D eigenvalue weighted by Gasteiger charge is -2.14. The van der Waals surface area contributed by atoms with Gasteiger partial charge in [0, 0.05) is 12.1 Å². The Kier molecular flexibility index (Phi) is 2.95. The number of rotatable bonds is 2. The first-order chi connectivity index (χ1) is 7.18. The van der Waals surface area contributed by atoms with E-state index in [9.17, 15) is 13.2 Å². The molecule has 1 aromatic rings. The zero-order chi connectivity index (χ0) is 10.8. The highest BCUT2D eigenvalue weighted by Gasteiger charge is 2.23. The Hall–Kier alpha value is -1.03. The van der Waals surface area contributed by atoms with Crippen molar-refractivity contribution in [1.82, 2.24) is 5.32 Å². The van der Waals surface area contributed by atoms with E-state index in [0.717, 1.165) is 19.0 Å². The van der Waals surface area contributed by atoms with Crippen LogP contribution in [0.1, 0.15) is 29.9 Å². The molecule has 1 atom stereocenters. The predicted octanol–water partition coefficient (Wildman–Crippen LogP) is 2.84. The normalized spacial score (nSPS) is 21.2. The molecule has 0 amide bonds. The number of hydrogen-bond acceptors (Lipinski definition) is 1. The van der Waals surface area contributed by atoms with Crippen molar-refractivity contribution in [2.24, 2.45) is 0 Å². The fourth-order valence-corrected chi connectivity index (χ4v) is 2.02. The van der Waals surface area contributed by atoms with Gasteiger partial charge in [-0.15, -0.1) is 0 Å². The van der Waals surface area contributed by atoms with E-state index in [4.69, 9.17) is 0 Å². The van der Waals surface area contributed by atoms with Gasteiger partial charge in [0.2, 0.25) is 0 Å². The molecule has 1 aromatic carbocycles. The molecule has 0 radical (unpaired) electrons. The Morgan fingerprint density at radius 3 is 2.73 bits per heavy atom. The van der Waals surface area contributed by atoms with Gasteiger partial charge in [-0.05, 0) is 36.6 Å². The van der Waals surface area contributed by atoms with Gasteiger partial charge in [0.25, 0.3) is 6.43 Å². The molecule has 1 aliphatic heterocycles. The molecule has 4 heteroatoms. The third-order valence-electron chi connectivity index (χ3n) is 2.78. The maximum absolute atomic E-state index is 13.0. The highest BCUT2D eigenvalue weighted by molar-refractivity contribution is 5.33. The lowest BCUT2D eigenvalue weighted by atomic mass is 9.93. The SMILES string of the molecule is Fc1ccc(C(F)F)c([C@H]2CCNC2)c1. The summed E-state index contributed by atoms with van der Waals surface area (Å²) in [6, 6.07) is 3.51. The van der Waals surface area contributed by atoms with Crippen LogP contribution in [0.25, 0.3) is 0 Å². The van der Waals surface area contributed by atoms with Crippen molar-refractivity contribution in [3.63, 3.8) is 0 Å². The molecule has 2 rings (SSSR count). The fourth-order valence-electron chi connectivity index (χ4n) is 2.02. The third-order valence-corrected chi connectivity index (χ3v) is 2.78. The van der Waals surface area contributed by atoms with Crippen LogP contribution in [0, 0.1) is 5.82 Å². The van der Waals surface area contributed by atoms with Crippen LogP contribution in [-0.2, 0) is 0 Å². The van der Waals surface area contributed by atoms with Crippen molar-refractivity contribution < 1.29 is 13.2 Å². The van der Waals surface area contributed by atoms with Crippen molar-refractivity contribution >= 4 is 0 Å². The first-order valence-corrected chi connectivity index (χ1v) is 4.96. The largest absolute Gasteiger partial charge is 0.316 e. The molecular formula is C11H12F3N. The Morgan fingerprint density at radius 2 is 2.13 bits per heavy atom. The molecule has 1 nitrogen and oxygen atoms in total. The molecule has 1 saturated heterocycles. The smallest absolute Gasteiger partial charge is 0.264 e. The maximum atomic E-state index is 13.0. The summed E-state index contributed by atoms with van der Waals surface area (Å²) in [6.45, 7) is 1.47. The maximum Gasteiger partial charge on any atom is 0.264 e. The second-order valence-electron chi connectivity index (χ2n) is 3.76. The highest BCUT2D eigenvalue weighted by Crippen LogP contribution is 2.32. The van der Waals surface area contributed by atoms with Gasteiger partial charge in [0.05, 0.1) is 0 Å². The van der Waals surface area contributed by atoms with Gasteiger partial charge >= 0.3 is 0 Å². The summed E-state index contributed by atoms with van der Waals surface area (Å²) in [5.74, 6) is -0.425. The monoisotopic (exact) mass is 215 g/mol. The van der Waals surface area contributed by atoms with E-state index < -0.39 is 12.2 Å². The number of alkyl halides is 2. The van der Waals surface area contributed by atoms with Gasteiger partial charge in [-0.25, -0.2) is 13.2 Å². The first-order valence-electron chi connectivity index (χ1n) is 4.96. The number of halogens is 3. The summed E-state index contributed by atoms with van der Waals surface area (Å²) in [5, 5.41) is 3.09. The quantitative estimate of drug-likeness (QED) is 0.799. The van der Waals surface area contributed by atoms with Gasteiger partial charge in [0.1, 0.15) is 5.82 Å². The van der Waals surface area contributed by atoms with Gasteiger partial charge < -0.3 is 5.32 Å². The van der Waals surface area contributed by atoms with E-state index in [1.165, 1.54) is 12.1 Å². The summed E-state index contributed by atoms with van der Waals surface area (Å²) >= 11 is 0. The lowest BCUT2D eigenvalue weighted by Crippen LogP contribution is -2.09. The van der Waals surface area contributed by atoms with Gasteiger partial charge in [-0.1, -0.05) is 6.07 Å². The van der Waals surface area contributed by atoms with Gasteiger partial charge in [-0.3, -0.25) is 0 Å². The standard InChI is InChI=1S/C11H12F3N/c12-8-1-2-9(11(13)14)10(5-8)7-3-4-15-6-7/h1-2,5,7,11,15H,3-4,6H2/t7-/m0/s1. The van der Waals surface area contributed by atoms with Gasteiger partial charge in [0.15, 0.2) is 0 Å². The van der Waals surface area contributed by atoms with E-state index >= 15 is 0 Å². The summed E-state index contributed by atoms with van der Waals surface area (Å²) in [4.78, 5) is 0. The van der Waals surface area contributed by atoms with Crippen molar-refractivity contribution in [3.05, 3.63) is 35.1 Å². The third kappa shape index (κ3) is 2.15. The van der Waals surface area contributed by atoms with Crippen molar-refractivity contribution in [2.45, 2.75) is 18.8 Å². The fraction of sp³-hybridized carbons (Fsp3) is 0.455. The van der Waals surface area contributed by atoms with E-state index in [0.29, 0.717) is 12.1 Å². The van der Waals surface area contributed by atoms with Crippen LogP contribution in [-0.4, -0.2) is 13.1 Å². The van der Waals surface area contributed by atoms with E-state index in [2.05, 4.69) is 5.32 Å². The highest BCUT2D eigenvalue weighted by atomic mass is 19.3. The molecule has 1 N–H and O–H groups in total. The minimum absolute atomic E-state index is 0.0182. The van der Waals surface area contributed by atoms with Crippen LogP contribution in [0.5, 0.6) is 0 Å². The van der Waals surface area contributed by atoms with Crippen LogP contribution in [0.15, 0.2) is 18.2 Å². The Labute approximate surface area is 86.3 Å². The second-order valence-corrected chi connectivity index (χ2v) is 3.76.